The molecule has 1 nitrogen and oxygen atoms in total. The van der Waals surface area contributed by atoms with E-state index in [9.17, 15) is 0 Å². The number of thioether (sulfide) groups is 1. The van der Waals surface area contributed by atoms with Crippen molar-refractivity contribution in [3.05, 3.63) is 52.2 Å². The predicted molar refractivity (Wildman–Crippen MR) is 75.9 cm³/mol. The lowest BCUT2D eigenvalue weighted by atomic mass is 9.91. The van der Waals surface area contributed by atoms with Crippen LogP contribution in [0.1, 0.15) is 16.4 Å². The Kier molecular flexibility index (Phi) is 3.23. The normalized spacial score (nSPS) is 20.2. The molecule has 0 aliphatic carbocycles. The van der Waals surface area contributed by atoms with Crippen molar-refractivity contribution in [1.82, 2.24) is 0 Å². The first kappa shape index (κ1) is 11.3. The summed E-state index contributed by atoms with van der Waals surface area (Å²) in [6.07, 6.45) is 0.997. The van der Waals surface area contributed by atoms with E-state index in [0.717, 1.165) is 12.2 Å². The average molecular weight is 261 g/mol. The molecular formula is C14H15NS2. The SMILES string of the molecule is NC(Cc1cccs1)C1CSc2ccccc21. The highest BCUT2D eigenvalue weighted by Crippen LogP contribution is 2.41. The number of fused-ring (bicyclic) bond motifs is 1. The molecule has 0 radical (unpaired) electrons. The van der Waals surface area contributed by atoms with Crippen LogP contribution in [0.5, 0.6) is 0 Å². The number of thiophene rings is 1. The van der Waals surface area contributed by atoms with Crippen LogP contribution in [0.4, 0.5) is 0 Å². The summed E-state index contributed by atoms with van der Waals surface area (Å²) in [6, 6.07) is 13.2. The van der Waals surface area contributed by atoms with E-state index >= 15 is 0 Å². The molecule has 2 aromatic rings. The Hall–Kier alpha value is -0.770. The number of nitrogens with two attached hydrogens (primary N) is 1. The molecule has 2 unspecified atom stereocenters. The molecule has 1 aliphatic heterocycles. The highest BCUT2D eigenvalue weighted by molar-refractivity contribution is 7.99. The van der Waals surface area contributed by atoms with E-state index in [4.69, 9.17) is 5.73 Å². The van der Waals surface area contributed by atoms with Crippen LogP contribution in [-0.2, 0) is 6.42 Å². The predicted octanol–water partition coefficient (Wildman–Crippen LogP) is 3.51. The van der Waals surface area contributed by atoms with Crippen LogP contribution in [0, 0.1) is 0 Å². The summed E-state index contributed by atoms with van der Waals surface area (Å²) >= 11 is 3.74. The Balaban J connectivity index is 1.78. The molecule has 2 heterocycles. The van der Waals surface area contributed by atoms with Crippen molar-refractivity contribution in [2.24, 2.45) is 5.73 Å². The van der Waals surface area contributed by atoms with Crippen molar-refractivity contribution < 1.29 is 0 Å². The molecule has 0 fully saturated rings. The monoisotopic (exact) mass is 261 g/mol. The van der Waals surface area contributed by atoms with E-state index in [1.165, 1.54) is 15.3 Å². The molecule has 0 saturated heterocycles. The molecule has 3 rings (SSSR count). The minimum absolute atomic E-state index is 0.241. The molecule has 0 spiro atoms. The first-order valence-corrected chi connectivity index (χ1v) is 7.71. The molecule has 1 aliphatic rings. The van der Waals surface area contributed by atoms with Gasteiger partial charge in [0.1, 0.15) is 0 Å². The largest absolute Gasteiger partial charge is 0.327 e. The van der Waals surface area contributed by atoms with Crippen LogP contribution in [0.25, 0.3) is 0 Å². The molecule has 3 heteroatoms. The van der Waals surface area contributed by atoms with Crippen molar-refractivity contribution in [2.45, 2.75) is 23.3 Å². The topological polar surface area (TPSA) is 26.0 Å². The summed E-state index contributed by atoms with van der Waals surface area (Å²) in [5.74, 6) is 1.64. The van der Waals surface area contributed by atoms with Gasteiger partial charge in [-0.05, 0) is 29.5 Å². The minimum atomic E-state index is 0.241. The van der Waals surface area contributed by atoms with E-state index in [1.54, 1.807) is 11.3 Å². The van der Waals surface area contributed by atoms with Gasteiger partial charge in [-0.25, -0.2) is 0 Å². The van der Waals surface area contributed by atoms with Gasteiger partial charge >= 0.3 is 0 Å². The summed E-state index contributed by atoms with van der Waals surface area (Å²) in [4.78, 5) is 2.81. The Bertz CT molecular complexity index is 493. The number of rotatable bonds is 3. The van der Waals surface area contributed by atoms with Crippen molar-refractivity contribution in [3.8, 4) is 0 Å². The summed E-state index contributed by atoms with van der Waals surface area (Å²) in [7, 11) is 0. The van der Waals surface area contributed by atoms with Gasteiger partial charge in [0.25, 0.3) is 0 Å². The second-order valence-electron chi connectivity index (χ2n) is 4.40. The summed E-state index contributed by atoms with van der Waals surface area (Å²) < 4.78 is 0. The van der Waals surface area contributed by atoms with Gasteiger partial charge in [-0.1, -0.05) is 24.3 Å². The third-order valence-electron chi connectivity index (χ3n) is 3.27. The van der Waals surface area contributed by atoms with Crippen LogP contribution >= 0.6 is 23.1 Å². The van der Waals surface area contributed by atoms with Gasteiger partial charge in [-0.2, -0.15) is 0 Å². The van der Waals surface area contributed by atoms with Crippen molar-refractivity contribution in [2.75, 3.05) is 5.75 Å². The summed E-state index contributed by atoms with van der Waals surface area (Å²) in [6.45, 7) is 0. The van der Waals surface area contributed by atoms with E-state index in [0.29, 0.717) is 5.92 Å². The highest BCUT2D eigenvalue weighted by atomic mass is 32.2. The fourth-order valence-electron chi connectivity index (χ4n) is 2.35. The maximum absolute atomic E-state index is 6.38. The Labute approximate surface area is 110 Å². The van der Waals surface area contributed by atoms with Crippen molar-refractivity contribution in [3.63, 3.8) is 0 Å². The van der Waals surface area contributed by atoms with Crippen molar-refractivity contribution in [1.29, 1.82) is 0 Å². The van der Waals surface area contributed by atoms with Crippen LogP contribution in [-0.4, -0.2) is 11.8 Å². The van der Waals surface area contributed by atoms with Crippen LogP contribution in [0.2, 0.25) is 0 Å². The lowest BCUT2D eigenvalue weighted by Crippen LogP contribution is -2.30. The molecular weight excluding hydrogens is 246 g/mol. The highest BCUT2D eigenvalue weighted by Gasteiger charge is 2.28. The van der Waals surface area contributed by atoms with Gasteiger partial charge in [-0.15, -0.1) is 23.1 Å². The first-order valence-electron chi connectivity index (χ1n) is 5.84. The smallest absolute Gasteiger partial charge is 0.0165 e. The zero-order valence-corrected chi connectivity index (χ0v) is 11.1. The van der Waals surface area contributed by atoms with E-state index in [2.05, 4.69) is 41.8 Å². The van der Waals surface area contributed by atoms with Crippen LogP contribution in [0.3, 0.4) is 0 Å². The molecule has 2 N–H and O–H groups in total. The second kappa shape index (κ2) is 4.84. The van der Waals surface area contributed by atoms with E-state index in [1.807, 2.05) is 11.8 Å². The molecule has 0 bridgehead atoms. The van der Waals surface area contributed by atoms with E-state index < -0.39 is 0 Å². The standard InChI is InChI=1S/C14H15NS2/c15-13(8-10-4-3-7-16-10)12-9-17-14-6-2-1-5-11(12)14/h1-7,12-13H,8-9,15H2. The maximum Gasteiger partial charge on any atom is 0.0165 e. The Morgan fingerprint density at radius 1 is 1.24 bits per heavy atom. The third kappa shape index (κ3) is 2.28. The second-order valence-corrected chi connectivity index (χ2v) is 6.50. The van der Waals surface area contributed by atoms with Gasteiger partial charge in [0.05, 0.1) is 0 Å². The zero-order chi connectivity index (χ0) is 11.7. The molecule has 1 aromatic heterocycles. The van der Waals surface area contributed by atoms with Gasteiger partial charge in [0, 0.05) is 27.5 Å². The lowest BCUT2D eigenvalue weighted by molar-refractivity contribution is 0.576. The summed E-state index contributed by atoms with van der Waals surface area (Å²) in [5, 5.41) is 2.12. The lowest BCUT2D eigenvalue weighted by Gasteiger charge is -2.18. The maximum atomic E-state index is 6.38. The van der Waals surface area contributed by atoms with Gasteiger partial charge in [0.2, 0.25) is 0 Å². The average Bonchev–Trinajstić information content (AvgIpc) is 2.96. The number of benzene rings is 1. The molecule has 88 valence electrons. The quantitative estimate of drug-likeness (QED) is 0.915. The summed E-state index contributed by atoms with van der Waals surface area (Å²) in [5.41, 5.74) is 7.82. The molecule has 1 aromatic carbocycles. The Morgan fingerprint density at radius 2 is 2.12 bits per heavy atom. The van der Waals surface area contributed by atoms with Gasteiger partial charge < -0.3 is 5.73 Å². The minimum Gasteiger partial charge on any atom is -0.327 e. The Morgan fingerprint density at radius 3 is 2.94 bits per heavy atom. The fraction of sp³-hybridized carbons (Fsp3) is 0.286. The molecule has 0 saturated carbocycles. The molecule has 2 atom stereocenters. The zero-order valence-electron chi connectivity index (χ0n) is 9.50. The number of hydrogen-bond acceptors (Lipinski definition) is 3. The fourth-order valence-corrected chi connectivity index (χ4v) is 4.47. The van der Waals surface area contributed by atoms with Gasteiger partial charge in [-0.3, -0.25) is 0 Å². The first-order chi connectivity index (χ1) is 8.34. The molecule has 17 heavy (non-hydrogen) atoms. The van der Waals surface area contributed by atoms with Crippen molar-refractivity contribution >= 4 is 23.1 Å². The number of hydrogen-bond donors (Lipinski definition) is 1. The molecule has 0 amide bonds. The van der Waals surface area contributed by atoms with Gasteiger partial charge in [0.15, 0.2) is 0 Å². The van der Waals surface area contributed by atoms with Crippen LogP contribution < -0.4 is 5.73 Å². The van der Waals surface area contributed by atoms with Crippen LogP contribution in [0.15, 0.2) is 46.7 Å². The third-order valence-corrected chi connectivity index (χ3v) is 5.38. The van der Waals surface area contributed by atoms with E-state index in [-0.39, 0.29) is 6.04 Å².